The molecule has 0 radical (unpaired) electrons. The van der Waals surface area contributed by atoms with Crippen LogP contribution >= 0.6 is 0 Å². The lowest BCUT2D eigenvalue weighted by Crippen LogP contribution is -2.68. The Morgan fingerprint density at radius 2 is 1.18 bits per heavy atom. The van der Waals surface area contributed by atoms with Gasteiger partial charge in [0.15, 0.2) is 18.9 Å². The van der Waals surface area contributed by atoms with Gasteiger partial charge >= 0.3 is 0 Å². The van der Waals surface area contributed by atoms with Gasteiger partial charge in [-0.3, -0.25) is 0 Å². The van der Waals surface area contributed by atoms with Crippen molar-refractivity contribution >= 4 is 0 Å². The predicted molar refractivity (Wildman–Crippen MR) is 240 cm³/mol. The standard InChI is InChI=1S/C49H84O19/c1-22(10-13-29(53)45(4,5)68-42-39(62)36(59)33(56)25(20-51)64-42)23-14-16-46(6)28-12-11-27-44(2,3)31(15-17-47(27,7)49(28,9)30(54)18-48(23,46)8)66-43-40(37(60)34(57)26(21-52)65-43)67-41-38(61)35(58)32(55)24(19-50)63-41/h11,22-26,28-43,50-62H,10,12-21H2,1-9H3. The number of ether oxygens (including phenoxy) is 6. The van der Waals surface area contributed by atoms with E-state index in [0.717, 1.165) is 18.4 Å². The Kier molecular flexibility index (Phi) is 15.8. The third kappa shape index (κ3) is 8.69. The van der Waals surface area contributed by atoms with Crippen LogP contribution in [0.25, 0.3) is 0 Å². The molecule has 4 aliphatic carbocycles. The summed E-state index contributed by atoms with van der Waals surface area (Å²) in [6.07, 6.45) is -17.4. The van der Waals surface area contributed by atoms with Gasteiger partial charge in [-0.15, -0.1) is 0 Å². The molecule has 19 nitrogen and oxygen atoms in total. The van der Waals surface area contributed by atoms with Crippen molar-refractivity contribution in [3.63, 3.8) is 0 Å². The molecule has 3 heterocycles. The molecule has 0 aromatic carbocycles. The summed E-state index contributed by atoms with van der Waals surface area (Å²) in [7, 11) is 0. The van der Waals surface area contributed by atoms with Crippen molar-refractivity contribution in [1.82, 2.24) is 0 Å². The number of hydrogen-bond donors (Lipinski definition) is 13. The topological polar surface area (TPSA) is 318 Å². The van der Waals surface area contributed by atoms with Crippen molar-refractivity contribution in [3.05, 3.63) is 11.6 Å². The molecule has 3 aliphatic heterocycles. The summed E-state index contributed by atoms with van der Waals surface area (Å²) in [4.78, 5) is 0. The Morgan fingerprint density at radius 1 is 0.647 bits per heavy atom. The Hall–Kier alpha value is -1.02. The smallest absolute Gasteiger partial charge is 0.187 e. The summed E-state index contributed by atoms with van der Waals surface area (Å²) >= 11 is 0. The maximum Gasteiger partial charge on any atom is 0.187 e. The van der Waals surface area contributed by atoms with Gasteiger partial charge in [0, 0.05) is 10.8 Å². The summed E-state index contributed by atoms with van der Waals surface area (Å²) in [6.45, 7) is 17.0. The van der Waals surface area contributed by atoms with Crippen LogP contribution in [0.15, 0.2) is 11.6 Å². The Balaban J connectivity index is 1.07. The van der Waals surface area contributed by atoms with Gasteiger partial charge in [0.25, 0.3) is 0 Å². The van der Waals surface area contributed by atoms with Crippen molar-refractivity contribution in [3.8, 4) is 0 Å². The average Bonchev–Trinajstić information content (AvgIpc) is 3.56. The first kappa shape index (κ1) is 54.7. The second-order valence-corrected chi connectivity index (χ2v) is 23.6. The van der Waals surface area contributed by atoms with Crippen LogP contribution in [0.3, 0.4) is 0 Å². The molecule has 7 aliphatic rings. The Labute approximate surface area is 400 Å². The van der Waals surface area contributed by atoms with Crippen LogP contribution in [-0.4, -0.2) is 202 Å². The number of rotatable bonds is 14. The minimum absolute atomic E-state index is 0.111. The molecule has 0 aromatic heterocycles. The predicted octanol–water partition coefficient (Wildman–Crippen LogP) is -0.666. The summed E-state index contributed by atoms with van der Waals surface area (Å²) in [5, 5.41) is 139. The van der Waals surface area contributed by atoms with Gasteiger partial charge in [0.2, 0.25) is 0 Å². The molecule has 0 amide bonds. The minimum Gasteiger partial charge on any atom is -0.394 e. The van der Waals surface area contributed by atoms with Gasteiger partial charge in [-0.05, 0) is 99.2 Å². The number of hydrogen-bond acceptors (Lipinski definition) is 19. The second kappa shape index (κ2) is 19.7. The summed E-state index contributed by atoms with van der Waals surface area (Å²) in [5.74, 6) is 0.505. The van der Waals surface area contributed by atoms with Crippen LogP contribution in [0.5, 0.6) is 0 Å². The number of fused-ring (bicyclic) bond motifs is 5. The van der Waals surface area contributed by atoms with Crippen LogP contribution in [0.2, 0.25) is 0 Å². The zero-order valence-electron chi connectivity index (χ0n) is 41.2. The molecule has 6 fully saturated rings. The van der Waals surface area contributed by atoms with Gasteiger partial charge in [-0.25, -0.2) is 0 Å². The van der Waals surface area contributed by atoms with Crippen LogP contribution in [0.4, 0.5) is 0 Å². The van der Waals surface area contributed by atoms with Gasteiger partial charge < -0.3 is 94.8 Å². The van der Waals surface area contributed by atoms with E-state index in [1.165, 1.54) is 0 Å². The Bertz CT molecular complexity index is 1760. The monoisotopic (exact) mass is 977 g/mol. The van der Waals surface area contributed by atoms with E-state index >= 15 is 0 Å². The first-order valence-corrected chi connectivity index (χ1v) is 24.9. The van der Waals surface area contributed by atoms with Gasteiger partial charge in [-0.2, -0.15) is 0 Å². The number of aliphatic hydroxyl groups is 13. The van der Waals surface area contributed by atoms with Crippen LogP contribution in [0, 0.1) is 44.8 Å². The fourth-order valence-electron chi connectivity index (χ4n) is 14.8. The van der Waals surface area contributed by atoms with Crippen LogP contribution in [0.1, 0.15) is 114 Å². The lowest BCUT2D eigenvalue weighted by molar-refractivity contribution is -0.375. The lowest BCUT2D eigenvalue weighted by atomic mass is 9.34. The molecule has 19 heteroatoms. The largest absolute Gasteiger partial charge is 0.394 e. The van der Waals surface area contributed by atoms with E-state index in [-0.39, 0.29) is 28.6 Å². The molecular weight excluding hydrogens is 893 g/mol. The van der Waals surface area contributed by atoms with E-state index in [9.17, 15) is 66.4 Å². The third-order valence-electron chi connectivity index (χ3n) is 19.6. The highest BCUT2D eigenvalue weighted by atomic mass is 16.8. The molecule has 0 spiro atoms. The molecule has 68 heavy (non-hydrogen) atoms. The van der Waals surface area contributed by atoms with E-state index in [4.69, 9.17) is 28.4 Å². The van der Waals surface area contributed by atoms with E-state index in [1.54, 1.807) is 13.8 Å². The molecule has 394 valence electrons. The first-order chi connectivity index (χ1) is 31.6. The highest BCUT2D eigenvalue weighted by molar-refractivity contribution is 5.36. The van der Waals surface area contributed by atoms with Crippen molar-refractivity contribution in [1.29, 1.82) is 0 Å². The SMILES string of the molecule is CC(CCC(O)C(C)(C)OC1OC(CO)C(O)C(O)C1O)C1CCC2(C)C3CC=C4C(C)(C)C(OC5OC(CO)C(O)C(O)C5OC5OC(CO)C(O)C(O)C5O)CCC4(C)C3(C)C(O)CC12C. The zero-order chi connectivity index (χ0) is 50.4. The van der Waals surface area contributed by atoms with E-state index in [2.05, 4.69) is 54.5 Å². The average molecular weight is 977 g/mol. The van der Waals surface area contributed by atoms with Crippen molar-refractivity contribution in [2.75, 3.05) is 19.8 Å². The Morgan fingerprint density at radius 3 is 1.75 bits per heavy atom. The quantitative estimate of drug-likeness (QED) is 0.0961. The van der Waals surface area contributed by atoms with Gasteiger partial charge in [-0.1, -0.05) is 60.1 Å². The molecular formula is C49H84O19. The fourth-order valence-corrected chi connectivity index (χ4v) is 14.8. The van der Waals surface area contributed by atoms with Crippen molar-refractivity contribution < 1.29 is 94.8 Å². The normalized spacial score (nSPS) is 51.5. The van der Waals surface area contributed by atoms with Crippen molar-refractivity contribution in [2.24, 2.45) is 44.8 Å². The van der Waals surface area contributed by atoms with Gasteiger partial charge in [0.05, 0.1) is 43.7 Å². The zero-order valence-corrected chi connectivity index (χ0v) is 41.2. The molecule has 13 N–H and O–H groups in total. The van der Waals surface area contributed by atoms with Crippen LogP contribution < -0.4 is 0 Å². The number of allylic oxidation sites excluding steroid dienone is 1. The molecule has 7 rings (SSSR count). The molecule has 25 atom stereocenters. The molecule has 25 unspecified atom stereocenters. The van der Waals surface area contributed by atoms with Crippen molar-refractivity contribution in [2.45, 2.75) is 230 Å². The van der Waals surface area contributed by atoms with Crippen LogP contribution in [-0.2, 0) is 28.4 Å². The summed E-state index contributed by atoms with van der Waals surface area (Å²) in [5.41, 5.74) is -2.21. The van der Waals surface area contributed by atoms with Gasteiger partial charge in [0.1, 0.15) is 73.2 Å². The second-order valence-electron chi connectivity index (χ2n) is 23.6. The van der Waals surface area contributed by atoms with E-state index < -0.39 is 152 Å². The van der Waals surface area contributed by atoms with E-state index in [0.29, 0.717) is 38.5 Å². The molecule has 3 saturated heterocycles. The first-order valence-electron chi connectivity index (χ1n) is 24.9. The minimum atomic E-state index is -1.80. The highest BCUT2D eigenvalue weighted by Crippen LogP contribution is 2.77. The lowest BCUT2D eigenvalue weighted by Gasteiger charge is -2.71. The maximum absolute atomic E-state index is 12.8. The third-order valence-corrected chi connectivity index (χ3v) is 19.6. The van der Waals surface area contributed by atoms with E-state index in [1.807, 2.05) is 0 Å². The fraction of sp³-hybridized carbons (Fsp3) is 0.959. The summed E-state index contributed by atoms with van der Waals surface area (Å²) < 4.78 is 36.0. The number of aliphatic hydroxyl groups excluding tert-OH is 13. The summed E-state index contributed by atoms with van der Waals surface area (Å²) in [6, 6.07) is 0. The highest BCUT2D eigenvalue weighted by Gasteiger charge is 2.73. The molecule has 3 saturated carbocycles. The maximum atomic E-state index is 12.8. The molecule has 0 bridgehead atoms. The molecule has 0 aromatic rings.